The summed E-state index contributed by atoms with van der Waals surface area (Å²) in [5.74, 6) is 0.432. The number of aryl methyl sites for hydroxylation is 2. The normalized spacial score (nSPS) is 18.9. The summed E-state index contributed by atoms with van der Waals surface area (Å²) in [7, 11) is 4.93. The molecule has 0 aliphatic carbocycles. The summed E-state index contributed by atoms with van der Waals surface area (Å²) in [5, 5.41) is 6.70. The van der Waals surface area contributed by atoms with Crippen LogP contribution in [0.5, 0.6) is 23.0 Å². The molecule has 3 aromatic carbocycles. The van der Waals surface area contributed by atoms with Crippen LogP contribution in [0.4, 0.5) is 4.39 Å². The molecule has 4 bridgehead atoms. The molecule has 246 valence electrons. The predicted octanol–water partition coefficient (Wildman–Crippen LogP) is 3.75. The van der Waals surface area contributed by atoms with Gasteiger partial charge in [0.1, 0.15) is 29.1 Å². The van der Waals surface area contributed by atoms with Gasteiger partial charge in [-0.05, 0) is 66.1 Å². The lowest BCUT2D eigenvalue weighted by Crippen LogP contribution is -2.58. The van der Waals surface area contributed by atoms with Crippen LogP contribution in [0.3, 0.4) is 0 Å². The third-order valence-corrected chi connectivity index (χ3v) is 8.59. The van der Waals surface area contributed by atoms with Crippen LogP contribution in [0.2, 0.25) is 0 Å². The van der Waals surface area contributed by atoms with Gasteiger partial charge in [0, 0.05) is 56.5 Å². The van der Waals surface area contributed by atoms with Crippen molar-refractivity contribution in [2.45, 2.75) is 38.0 Å². The second-order valence-corrected chi connectivity index (χ2v) is 11.7. The summed E-state index contributed by atoms with van der Waals surface area (Å²) < 4.78 is 39.4. The number of methoxy groups -OCH3 is 2. The van der Waals surface area contributed by atoms with Crippen LogP contribution in [0.25, 0.3) is 10.9 Å². The zero-order valence-corrected chi connectivity index (χ0v) is 26.5. The molecular weight excluding hydrogens is 607 g/mol. The highest BCUT2D eigenvalue weighted by Crippen LogP contribution is 2.30. The Morgan fingerprint density at radius 1 is 0.957 bits per heavy atom. The van der Waals surface area contributed by atoms with Crippen LogP contribution in [-0.2, 0) is 29.6 Å². The van der Waals surface area contributed by atoms with Gasteiger partial charge in [-0.1, -0.05) is 6.07 Å². The van der Waals surface area contributed by atoms with E-state index in [9.17, 15) is 18.8 Å². The van der Waals surface area contributed by atoms with Crippen molar-refractivity contribution in [1.29, 1.82) is 0 Å². The van der Waals surface area contributed by atoms with E-state index in [1.54, 1.807) is 30.2 Å². The molecule has 0 radical (unpaired) electrons. The van der Waals surface area contributed by atoms with Gasteiger partial charge < -0.3 is 39.0 Å². The van der Waals surface area contributed by atoms with Crippen molar-refractivity contribution in [2.24, 2.45) is 7.05 Å². The van der Waals surface area contributed by atoms with Gasteiger partial charge in [-0.25, -0.2) is 4.39 Å². The molecule has 1 fully saturated rings. The summed E-state index contributed by atoms with van der Waals surface area (Å²) in [6.07, 6.45) is 0.416. The highest BCUT2D eigenvalue weighted by atomic mass is 19.1. The number of nitrogens with zero attached hydrogens (tertiary/aromatic N) is 2. The third kappa shape index (κ3) is 7.11. The topological polar surface area (TPSA) is 120 Å². The van der Waals surface area contributed by atoms with Crippen molar-refractivity contribution < 1.29 is 37.7 Å². The average Bonchev–Trinajstić information content (AvgIpc) is 3.40. The molecule has 2 aliphatic rings. The summed E-state index contributed by atoms with van der Waals surface area (Å²) in [5.41, 5.74) is 2.74. The Bertz CT molecular complexity index is 1820. The summed E-state index contributed by atoms with van der Waals surface area (Å²) >= 11 is 0. The van der Waals surface area contributed by atoms with E-state index < -0.39 is 23.9 Å². The van der Waals surface area contributed by atoms with E-state index >= 15 is 0 Å². The number of hydrogen-bond acceptors (Lipinski definition) is 7. The van der Waals surface area contributed by atoms with Crippen molar-refractivity contribution in [3.63, 3.8) is 0 Å². The Labute approximate surface area is 271 Å². The molecule has 3 amide bonds. The van der Waals surface area contributed by atoms with Crippen molar-refractivity contribution in [1.82, 2.24) is 20.1 Å². The summed E-state index contributed by atoms with van der Waals surface area (Å²) in [4.78, 5) is 41.5. The molecule has 1 aromatic heterocycles. The molecule has 1 saturated heterocycles. The zero-order chi connectivity index (χ0) is 33.1. The standard InChI is InChI=1S/C35H37FN4O7/c1-39-28-7-6-25(44-2)15-23(28)16-29(39)35(43)40-11-10-30-27(19-40)38-34(42)20-46-32-14-21(4-8-31(32)45-3)5-9-33(41)37-18-22-12-24(36)17-26(13-22)47-30/h4,6-8,12-17,27,30H,5,9-11,18-20H2,1-3H3,(H,37,41)(H,38,42)/t27-,30-/m1/s1. The number of amides is 3. The van der Waals surface area contributed by atoms with Gasteiger partial charge in [0.15, 0.2) is 18.1 Å². The molecule has 47 heavy (non-hydrogen) atoms. The number of nitrogens with one attached hydrogen (secondary N) is 2. The highest BCUT2D eigenvalue weighted by Gasteiger charge is 2.35. The first-order valence-electron chi connectivity index (χ1n) is 15.5. The van der Waals surface area contributed by atoms with Gasteiger partial charge in [0.25, 0.3) is 11.8 Å². The Kier molecular flexibility index (Phi) is 9.19. The number of halogens is 1. The summed E-state index contributed by atoms with van der Waals surface area (Å²) in [6.45, 7) is 0.289. The first-order chi connectivity index (χ1) is 22.7. The molecule has 0 spiro atoms. The second-order valence-electron chi connectivity index (χ2n) is 11.7. The molecule has 0 saturated carbocycles. The van der Waals surface area contributed by atoms with Gasteiger partial charge in [-0.2, -0.15) is 0 Å². The lowest BCUT2D eigenvalue weighted by molar-refractivity contribution is -0.125. The Balaban J connectivity index is 1.28. The van der Waals surface area contributed by atoms with Gasteiger partial charge in [0.05, 0.1) is 20.3 Å². The third-order valence-electron chi connectivity index (χ3n) is 8.59. The predicted molar refractivity (Wildman–Crippen MR) is 171 cm³/mol. The molecule has 4 aromatic rings. The smallest absolute Gasteiger partial charge is 0.270 e. The lowest BCUT2D eigenvalue weighted by atomic mass is 10.0. The van der Waals surface area contributed by atoms with E-state index in [4.69, 9.17) is 18.9 Å². The molecule has 2 aliphatic heterocycles. The number of carbonyl (C=O) groups is 3. The van der Waals surface area contributed by atoms with Gasteiger partial charge in [0.2, 0.25) is 5.91 Å². The number of benzene rings is 3. The minimum Gasteiger partial charge on any atom is -0.497 e. The maximum Gasteiger partial charge on any atom is 0.270 e. The summed E-state index contributed by atoms with van der Waals surface area (Å²) in [6, 6.07) is 16.4. The van der Waals surface area contributed by atoms with Gasteiger partial charge in [-0.15, -0.1) is 0 Å². The van der Waals surface area contributed by atoms with Crippen molar-refractivity contribution >= 4 is 28.6 Å². The second kappa shape index (κ2) is 13.6. The Hall–Kier alpha value is -5.26. The van der Waals surface area contributed by atoms with E-state index in [1.165, 1.54) is 19.2 Å². The number of piperidine rings is 1. The molecule has 0 unspecified atom stereocenters. The number of fused-ring (bicyclic) bond motifs is 6. The van der Waals surface area contributed by atoms with Crippen LogP contribution in [0.1, 0.15) is 34.5 Å². The molecule has 6 rings (SSSR count). The zero-order valence-electron chi connectivity index (χ0n) is 26.5. The van der Waals surface area contributed by atoms with Crippen LogP contribution < -0.4 is 29.6 Å². The van der Waals surface area contributed by atoms with E-state index in [-0.39, 0.29) is 43.7 Å². The van der Waals surface area contributed by atoms with E-state index in [0.717, 1.165) is 16.5 Å². The minimum absolute atomic E-state index is 0.119. The number of hydrogen-bond donors (Lipinski definition) is 2. The first-order valence-corrected chi connectivity index (χ1v) is 15.5. The number of carbonyl (C=O) groups excluding carboxylic acids is 3. The van der Waals surface area contributed by atoms with Crippen molar-refractivity contribution in [3.05, 3.63) is 83.3 Å². The fourth-order valence-corrected chi connectivity index (χ4v) is 6.11. The molecule has 2 N–H and O–H groups in total. The first kappa shape index (κ1) is 31.7. The fourth-order valence-electron chi connectivity index (χ4n) is 6.11. The van der Waals surface area contributed by atoms with Crippen LogP contribution in [0.15, 0.2) is 60.7 Å². The Morgan fingerprint density at radius 3 is 2.62 bits per heavy atom. The van der Waals surface area contributed by atoms with Crippen LogP contribution in [-0.4, -0.2) is 73.3 Å². The van der Waals surface area contributed by atoms with Crippen molar-refractivity contribution in [2.75, 3.05) is 33.9 Å². The van der Waals surface area contributed by atoms with E-state index in [0.29, 0.717) is 47.9 Å². The van der Waals surface area contributed by atoms with Crippen molar-refractivity contribution in [3.8, 4) is 23.0 Å². The number of likely N-dealkylation sites (tertiary alicyclic amines) is 1. The number of aromatic nitrogens is 1. The minimum atomic E-state index is -0.642. The quantitative estimate of drug-likeness (QED) is 0.349. The molecule has 12 heteroatoms. The highest BCUT2D eigenvalue weighted by molar-refractivity contribution is 5.99. The van der Waals surface area contributed by atoms with Gasteiger partial charge in [-0.3, -0.25) is 14.4 Å². The fraction of sp³-hybridized carbons (Fsp3) is 0.343. The average molecular weight is 645 g/mol. The molecule has 2 atom stereocenters. The molecular formula is C35H37FN4O7. The SMILES string of the molecule is COc1ccc2c(c1)cc(C(=O)N1CC[C@H]3Oc4cc(F)cc(c4)CNC(=O)CCc4ccc(OC)c(c4)OCC(=O)N[C@@H]3C1)n2C. The van der Waals surface area contributed by atoms with Crippen LogP contribution in [0, 0.1) is 5.82 Å². The number of rotatable bonds is 3. The maximum atomic E-state index is 14.7. The van der Waals surface area contributed by atoms with E-state index in [1.807, 2.05) is 41.9 Å². The van der Waals surface area contributed by atoms with E-state index in [2.05, 4.69) is 10.6 Å². The molecule has 11 nitrogen and oxygen atoms in total. The Morgan fingerprint density at radius 2 is 1.81 bits per heavy atom. The lowest BCUT2D eigenvalue weighted by Gasteiger charge is -2.39. The monoisotopic (exact) mass is 644 g/mol. The van der Waals surface area contributed by atoms with Gasteiger partial charge >= 0.3 is 0 Å². The maximum absolute atomic E-state index is 14.7. The van der Waals surface area contributed by atoms with Crippen LogP contribution >= 0.6 is 0 Å². The molecule has 3 heterocycles. The number of ether oxygens (including phenoxy) is 4. The largest absolute Gasteiger partial charge is 0.497 e.